The van der Waals surface area contributed by atoms with E-state index in [4.69, 9.17) is 30.6 Å². The van der Waals surface area contributed by atoms with Crippen LogP contribution in [0.5, 0.6) is 17.6 Å². The summed E-state index contributed by atoms with van der Waals surface area (Å²) < 4.78 is 50.6. The van der Waals surface area contributed by atoms with E-state index in [9.17, 15) is 15.0 Å². The maximum Gasteiger partial charge on any atom is 0.319 e. The van der Waals surface area contributed by atoms with E-state index in [0.29, 0.717) is 36.4 Å². The molecule has 3 saturated heterocycles. The lowest BCUT2D eigenvalue weighted by molar-refractivity contribution is -0.140. The molecule has 5 heterocycles. The molecule has 2 aliphatic carbocycles. The molecule has 0 bridgehead atoms. The summed E-state index contributed by atoms with van der Waals surface area (Å²) in [6.45, 7) is 6.40. The Morgan fingerprint density at radius 2 is 1.89 bits per heavy atom. The molecule has 2 aromatic carbocycles. The van der Waals surface area contributed by atoms with Gasteiger partial charge in [0.2, 0.25) is 11.8 Å². The number of aliphatic hydroxyl groups is 1. The van der Waals surface area contributed by atoms with Gasteiger partial charge in [-0.15, -0.1) is 6.42 Å². The van der Waals surface area contributed by atoms with Crippen LogP contribution in [0.25, 0.3) is 32.9 Å². The summed E-state index contributed by atoms with van der Waals surface area (Å²) in [4.78, 5) is 33.2. The lowest BCUT2D eigenvalue weighted by Gasteiger charge is -2.49. The van der Waals surface area contributed by atoms with Crippen LogP contribution in [0.2, 0.25) is 0 Å². The minimum absolute atomic E-state index is 0.0197. The van der Waals surface area contributed by atoms with Crippen LogP contribution in [0.3, 0.4) is 0 Å². The van der Waals surface area contributed by atoms with Crippen LogP contribution in [0, 0.1) is 41.2 Å². The van der Waals surface area contributed by atoms with Gasteiger partial charge in [-0.25, -0.2) is 13.8 Å². The van der Waals surface area contributed by atoms with Crippen LogP contribution in [-0.2, 0) is 9.53 Å². The largest absolute Gasteiger partial charge is 0.508 e. The highest BCUT2D eigenvalue weighted by atomic mass is 19.1. The van der Waals surface area contributed by atoms with Crippen molar-refractivity contribution in [1.82, 2.24) is 24.8 Å². The number of β-amino-alcohol motifs (C(OH)–C–C–N with tert-alkyl or cyclic N) is 1. The van der Waals surface area contributed by atoms with Crippen LogP contribution in [-0.4, -0.2) is 119 Å². The summed E-state index contributed by atoms with van der Waals surface area (Å²) in [7, 11) is 1.40. The molecule has 5 fully saturated rings. The fourth-order valence-corrected chi connectivity index (χ4v) is 9.88. The molecular formula is C43H48F2N6O6. The number of likely N-dealkylation sites (tertiary alicyclic amines) is 2. The van der Waals surface area contributed by atoms with Crippen LogP contribution in [0.1, 0.15) is 57.4 Å². The number of methoxy groups -OCH3 is 1. The Hall–Kier alpha value is -4.84. The number of terminal acetylenes is 1. The van der Waals surface area contributed by atoms with Gasteiger partial charge in [-0.3, -0.25) is 9.69 Å². The first-order chi connectivity index (χ1) is 27.5. The van der Waals surface area contributed by atoms with E-state index >= 15 is 8.78 Å². The molecule has 3 unspecified atom stereocenters. The van der Waals surface area contributed by atoms with Crippen molar-refractivity contribution in [3.8, 4) is 41.2 Å². The first-order valence-corrected chi connectivity index (χ1v) is 20.1. The number of carbonyl (C=O) groups excluding carboxylic acids is 1. The molecule has 2 N–H and O–H groups in total. The van der Waals surface area contributed by atoms with E-state index < -0.39 is 17.2 Å². The van der Waals surface area contributed by atoms with Crippen molar-refractivity contribution in [3.63, 3.8) is 0 Å². The van der Waals surface area contributed by atoms with Crippen molar-refractivity contribution in [2.45, 2.75) is 63.5 Å². The third-order valence-corrected chi connectivity index (χ3v) is 12.7. The minimum atomic E-state index is -1.26. The van der Waals surface area contributed by atoms with Gasteiger partial charge in [0.1, 0.15) is 39.6 Å². The Kier molecular flexibility index (Phi) is 9.61. The van der Waals surface area contributed by atoms with Crippen LogP contribution in [0.4, 0.5) is 14.6 Å². The molecule has 9 rings (SSSR count). The Balaban J connectivity index is 1.10. The normalized spacial score (nSPS) is 25.6. The van der Waals surface area contributed by atoms with Crippen molar-refractivity contribution in [3.05, 3.63) is 41.5 Å². The SMILES string of the molecule is C#Cc1c(F)ccc2cc(O)cc(-c3nc(OC)c4c(N5CCOCC(C)(O)C5)nc(OCC56CCCC5N(CC5CN(C(=O)C7CC7)C5)CCC6)nc4c3F)c12. The number of benzene rings is 2. The molecule has 300 valence electrons. The zero-order chi connectivity index (χ0) is 39.6. The number of rotatable bonds is 9. The van der Waals surface area contributed by atoms with Gasteiger partial charge >= 0.3 is 6.01 Å². The molecule has 0 spiro atoms. The van der Waals surface area contributed by atoms with Gasteiger partial charge < -0.3 is 34.2 Å². The van der Waals surface area contributed by atoms with Crippen LogP contribution < -0.4 is 14.4 Å². The van der Waals surface area contributed by atoms with Gasteiger partial charge in [-0.05, 0) is 75.6 Å². The van der Waals surface area contributed by atoms with Crippen LogP contribution >= 0.6 is 0 Å². The Morgan fingerprint density at radius 1 is 1.09 bits per heavy atom. The lowest BCUT2D eigenvalue weighted by atomic mass is 9.75. The summed E-state index contributed by atoms with van der Waals surface area (Å²) in [5.41, 5.74) is -1.86. The quantitative estimate of drug-likeness (QED) is 0.215. The van der Waals surface area contributed by atoms with Gasteiger partial charge in [0.05, 0.1) is 39.0 Å². The second-order valence-electron chi connectivity index (χ2n) is 17.0. The molecule has 4 aromatic rings. The number of fused-ring (bicyclic) bond motifs is 3. The van der Waals surface area contributed by atoms with E-state index in [1.54, 1.807) is 11.8 Å². The second kappa shape index (κ2) is 14.5. The average Bonchev–Trinajstić information content (AvgIpc) is 3.97. The summed E-state index contributed by atoms with van der Waals surface area (Å²) in [5, 5.41) is 22.7. The fourth-order valence-electron chi connectivity index (χ4n) is 9.88. The van der Waals surface area contributed by atoms with Gasteiger partial charge in [0.25, 0.3) is 0 Å². The zero-order valence-electron chi connectivity index (χ0n) is 32.4. The second-order valence-corrected chi connectivity index (χ2v) is 17.0. The number of carbonyl (C=O) groups is 1. The predicted molar refractivity (Wildman–Crippen MR) is 209 cm³/mol. The Bertz CT molecular complexity index is 2290. The first kappa shape index (κ1) is 37.7. The van der Waals surface area contributed by atoms with E-state index in [1.165, 1.54) is 31.4 Å². The van der Waals surface area contributed by atoms with Gasteiger partial charge in [0.15, 0.2) is 5.82 Å². The monoisotopic (exact) mass is 782 g/mol. The first-order valence-electron chi connectivity index (χ1n) is 20.1. The molecule has 1 amide bonds. The third-order valence-electron chi connectivity index (χ3n) is 12.7. The highest BCUT2D eigenvalue weighted by Crippen LogP contribution is 2.49. The number of piperidine rings is 1. The number of pyridine rings is 1. The van der Waals surface area contributed by atoms with E-state index in [2.05, 4.69) is 15.8 Å². The maximum absolute atomic E-state index is 17.4. The number of aromatic nitrogens is 3. The topological polar surface area (TPSA) is 134 Å². The minimum Gasteiger partial charge on any atom is -0.508 e. The molecule has 3 aliphatic heterocycles. The highest BCUT2D eigenvalue weighted by molar-refractivity contribution is 6.04. The number of halogens is 2. The number of ether oxygens (including phenoxy) is 3. The van der Waals surface area contributed by atoms with Crippen molar-refractivity contribution < 1.29 is 38.0 Å². The van der Waals surface area contributed by atoms with E-state index in [0.717, 1.165) is 71.1 Å². The Labute approximate surface area is 330 Å². The molecular weight excluding hydrogens is 735 g/mol. The molecule has 57 heavy (non-hydrogen) atoms. The summed E-state index contributed by atoms with van der Waals surface area (Å²) >= 11 is 0. The number of hydrogen-bond donors (Lipinski definition) is 2. The van der Waals surface area contributed by atoms with Crippen molar-refractivity contribution >= 4 is 33.4 Å². The number of aromatic hydroxyl groups is 1. The predicted octanol–water partition coefficient (Wildman–Crippen LogP) is 5.29. The molecule has 2 saturated carbocycles. The molecule has 5 aliphatic rings. The third kappa shape index (κ3) is 6.87. The van der Waals surface area contributed by atoms with Crippen molar-refractivity contribution in [2.75, 3.05) is 71.1 Å². The number of phenolic OH excluding ortho intramolecular Hbond substituents is 1. The molecule has 12 nitrogen and oxygen atoms in total. The molecule has 0 radical (unpaired) electrons. The molecule has 14 heteroatoms. The Morgan fingerprint density at radius 3 is 2.67 bits per heavy atom. The van der Waals surface area contributed by atoms with E-state index in [-0.39, 0.29) is 87.7 Å². The average molecular weight is 783 g/mol. The summed E-state index contributed by atoms with van der Waals surface area (Å²) in [6, 6.07) is 5.64. The van der Waals surface area contributed by atoms with Crippen LogP contribution in [0.15, 0.2) is 24.3 Å². The highest BCUT2D eigenvalue weighted by Gasteiger charge is 2.50. The number of nitrogens with zero attached hydrogens (tertiary/aromatic N) is 6. The summed E-state index contributed by atoms with van der Waals surface area (Å²) in [5.74, 6) is 1.90. The number of anilines is 1. The van der Waals surface area contributed by atoms with Gasteiger partial charge in [-0.2, -0.15) is 9.97 Å². The lowest BCUT2D eigenvalue weighted by Crippen LogP contribution is -2.58. The van der Waals surface area contributed by atoms with Crippen molar-refractivity contribution in [1.29, 1.82) is 0 Å². The van der Waals surface area contributed by atoms with Crippen molar-refractivity contribution in [2.24, 2.45) is 17.3 Å². The maximum atomic E-state index is 17.4. The molecule has 3 atom stereocenters. The molecule has 2 aromatic heterocycles. The fraction of sp³-hybridized carbons (Fsp3) is 0.535. The van der Waals surface area contributed by atoms with Gasteiger partial charge in [-0.1, -0.05) is 18.4 Å². The standard InChI is InChI=1S/C43H48F2N6O6/c1-4-29-31(44)11-10-27-17-28(52)18-30(33(27)29)36-35(45)37-34(39(46-36)55-3)38(50-15-16-56-23-42(2,54)22-50)48-41(47-37)57-24-43-12-5-7-32(43)49(14-6-13-43)19-25-20-51(21-25)40(53)26-8-9-26/h1,10-11,17-18,25-26,32,52,54H,5-9,12-16,19-24H2,2-3H3. The summed E-state index contributed by atoms with van der Waals surface area (Å²) in [6.07, 6.45) is 12.9. The van der Waals surface area contributed by atoms with Gasteiger partial charge in [0, 0.05) is 60.4 Å². The number of hydrogen-bond acceptors (Lipinski definition) is 11. The number of phenols is 1. The zero-order valence-corrected chi connectivity index (χ0v) is 32.4. The number of amides is 1. The smallest absolute Gasteiger partial charge is 0.319 e. The van der Waals surface area contributed by atoms with E-state index in [1.807, 2.05) is 4.90 Å².